The van der Waals surface area contributed by atoms with Gasteiger partial charge in [0.15, 0.2) is 0 Å². The SMILES string of the molecule is Nc1cc(F)ccc1S(=O)CCCO. The van der Waals surface area contributed by atoms with Crippen molar-refractivity contribution in [2.75, 3.05) is 18.1 Å². The smallest absolute Gasteiger partial charge is 0.125 e. The van der Waals surface area contributed by atoms with Crippen LogP contribution in [0.4, 0.5) is 10.1 Å². The number of nitrogens with two attached hydrogens (primary N) is 1. The normalized spacial score (nSPS) is 12.7. The number of aliphatic hydroxyl groups is 1. The molecule has 3 N–H and O–H groups in total. The first-order valence-electron chi connectivity index (χ1n) is 4.19. The third-order valence-electron chi connectivity index (χ3n) is 1.70. The molecule has 0 aliphatic rings. The van der Waals surface area contributed by atoms with Crippen molar-refractivity contribution in [2.45, 2.75) is 11.3 Å². The molecule has 1 aromatic rings. The second-order valence-electron chi connectivity index (χ2n) is 2.81. The van der Waals surface area contributed by atoms with Crippen LogP contribution in [0.3, 0.4) is 0 Å². The van der Waals surface area contributed by atoms with E-state index < -0.39 is 16.6 Å². The van der Waals surface area contributed by atoms with Crippen molar-refractivity contribution in [1.29, 1.82) is 0 Å². The molecule has 0 amide bonds. The highest BCUT2D eigenvalue weighted by atomic mass is 32.2. The lowest BCUT2D eigenvalue weighted by Crippen LogP contribution is -2.03. The van der Waals surface area contributed by atoms with E-state index in [4.69, 9.17) is 10.8 Å². The summed E-state index contributed by atoms with van der Waals surface area (Å²) < 4.78 is 24.2. The van der Waals surface area contributed by atoms with Crippen molar-refractivity contribution >= 4 is 16.5 Å². The van der Waals surface area contributed by atoms with Crippen molar-refractivity contribution in [3.63, 3.8) is 0 Å². The van der Waals surface area contributed by atoms with Crippen LogP contribution in [0.15, 0.2) is 23.1 Å². The standard InChI is InChI=1S/C9H12FNO2S/c10-7-2-3-9(8(11)6-7)14(13)5-1-4-12/h2-3,6,12H,1,4-5,11H2. The van der Waals surface area contributed by atoms with Gasteiger partial charge in [0.1, 0.15) is 5.82 Å². The van der Waals surface area contributed by atoms with Gasteiger partial charge in [-0.15, -0.1) is 0 Å². The van der Waals surface area contributed by atoms with Gasteiger partial charge >= 0.3 is 0 Å². The minimum atomic E-state index is -1.25. The van der Waals surface area contributed by atoms with Crippen LogP contribution < -0.4 is 5.73 Å². The summed E-state index contributed by atoms with van der Waals surface area (Å²) in [6, 6.07) is 3.78. The van der Waals surface area contributed by atoms with E-state index in [0.717, 1.165) is 6.07 Å². The molecule has 0 radical (unpaired) electrons. The average Bonchev–Trinajstić information content (AvgIpc) is 2.14. The first-order valence-corrected chi connectivity index (χ1v) is 5.51. The molecule has 0 bridgehead atoms. The number of halogens is 1. The lowest BCUT2D eigenvalue weighted by Gasteiger charge is -2.04. The van der Waals surface area contributed by atoms with E-state index in [1.54, 1.807) is 0 Å². The van der Waals surface area contributed by atoms with E-state index in [1.807, 2.05) is 0 Å². The zero-order chi connectivity index (χ0) is 10.6. The molecular weight excluding hydrogens is 205 g/mol. The molecule has 0 aromatic heterocycles. The summed E-state index contributed by atoms with van der Waals surface area (Å²) in [4.78, 5) is 0.430. The molecule has 0 aliphatic carbocycles. The molecule has 14 heavy (non-hydrogen) atoms. The van der Waals surface area contributed by atoms with Gasteiger partial charge < -0.3 is 10.8 Å². The summed E-state index contributed by atoms with van der Waals surface area (Å²) >= 11 is 0. The van der Waals surface area contributed by atoms with E-state index in [0.29, 0.717) is 17.1 Å². The maximum Gasteiger partial charge on any atom is 0.125 e. The van der Waals surface area contributed by atoms with E-state index in [1.165, 1.54) is 12.1 Å². The Morgan fingerprint density at radius 1 is 1.50 bits per heavy atom. The molecule has 3 nitrogen and oxygen atoms in total. The van der Waals surface area contributed by atoms with Gasteiger partial charge in [-0.05, 0) is 24.6 Å². The average molecular weight is 217 g/mol. The molecule has 1 atom stereocenters. The number of hydrogen-bond donors (Lipinski definition) is 2. The van der Waals surface area contributed by atoms with Crippen molar-refractivity contribution in [3.05, 3.63) is 24.0 Å². The van der Waals surface area contributed by atoms with Gasteiger partial charge in [-0.2, -0.15) is 0 Å². The highest BCUT2D eigenvalue weighted by molar-refractivity contribution is 7.85. The minimum absolute atomic E-state index is 0.00710. The zero-order valence-electron chi connectivity index (χ0n) is 7.57. The van der Waals surface area contributed by atoms with E-state index in [9.17, 15) is 8.60 Å². The fourth-order valence-corrected chi connectivity index (χ4v) is 2.19. The molecule has 1 rings (SSSR count). The predicted octanol–water partition coefficient (Wildman–Crippen LogP) is 0.898. The zero-order valence-corrected chi connectivity index (χ0v) is 8.39. The van der Waals surface area contributed by atoms with Crippen LogP contribution in [0.25, 0.3) is 0 Å². The first-order chi connectivity index (χ1) is 6.65. The number of benzene rings is 1. The molecule has 78 valence electrons. The molecule has 0 heterocycles. The van der Waals surface area contributed by atoms with Crippen LogP contribution in [0.2, 0.25) is 0 Å². The van der Waals surface area contributed by atoms with Crippen LogP contribution in [0, 0.1) is 5.82 Å². The number of rotatable bonds is 4. The van der Waals surface area contributed by atoms with Crippen LogP contribution in [0.1, 0.15) is 6.42 Å². The van der Waals surface area contributed by atoms with Gasteiger partial charge in [-0.1, -0.05) is 0 Å². The van der Waals surface area contributed by atoms with Gasteiger partial charge in [0.25, 0.3) is 0 Å². The number of hydrogen-bond acceptors (Lipinski definition) is 3. The maximum absolute atomic E-state index is 12.6. The van der Waals surface area contributed by atoms with Gasteiger partial charge in [0.05, 0.1) is 21.4 Å². The Balaban J connectivity index is 2.80. The van der Waals surface area contributed by atoms with Gasteiger partial charge in [-0.25, -0.2) is 4.39 Å². The Hall–Kier alpha value is -0.940. The Bertz CT molecular complexity index is 344. The fourth-order valence-electron chi connectivity index (χ4n) is 1.03. The van der Waals surface area contributed by atoms with Crippen molar-refractivity contribution in [2.24, 2.45) is 0 Å². The summed E-state index contributed by atoms with van der Waals surface area (Å²) in [5.41, 5.74) is 5.69. The summed E-state index contributed by atoms with van der Waals surface area (Å²) in [6.45, 7) is -0.00710. The monoisotopic (exact) mass is 217 g/mol. The molecule has 0 saturated heterocycles. The van der Waals surface area contributed by atoms with Gasteiger partial charge in [0.2, 0.25) is 0 Å². The maximum atomic E-state index is 12.6. The Morgan fingerprint density at radius 3 is 2.79 bits per heavy atom. The highest BCUT2D eigenvalue weighted by Crippen LogP contribution is 2.17. The quantitative estimate of drug-likeness (QED) is 0.736. The topological polar surface area (TPSA) is 63.3 Å². The molecule has 0 fully saturated rings. The van der Waals surface area contributed by atoms with Gasteiger partial charge in [0, 0.05) is 12.4 Å². The minimum Gasteiger partial charge on any atom is -0.398 e. The molecule has 5 heteroatoms. The highest BCUT2D eigenvalue weighted by Gasteiger charge is 2.07. The molecule has 1 aromatic carbocycles. The molecular formula is C9H12FNO2S. The number of nitrogen functional groups attached to an aromatic ring is 1. The lowest BCUT2D eigenvalue weighted by molar-refractivity contribution is 0.296. The third kappa shape index (κ3) is 2.78. The van der Waals surface area contributed by atoms with E-state index >= 15 is 0 Å². The molecule has 0 spiro atoms. The van der Waals surface area contributed by atoms with E-state index in [2.05, 4.69) is 0 Å². The summed E-state index contributed by atoms with van der Waals surface area (Å²) in [7, 11) is -1.25. The molecule has 0 aliphatic heterocycles. The van der Waals surface area contributed by atoms with Crippen molar-refractivity contribution in [1.82, 2.24) is 0 Å². The third-order valence-corrected chi connectivity index (χ3v) is 3.23. The van der Waals surface area contributed by atoms with Crippen molar-refractivity contribution in [3.8, 4) is 0 Å². The Labute approximate surface area is 84.2 Å². The largest absolute Gasteiger partial charge is 0.398 e. The Morgan fingerprint density at radius 2 is 2.21 bits per heavy atom. The first kappa shape index (κ1) is 11.1. The number of anilines is 1. The summed E-state index contributed by atoms with van der Waals surface area (Å²) in [5, 5.41) is 8.55. The Kier molecular flexibility index (Phi) is 4.03. The molecule has 0 saturated carbocycles. The van der Waals surface area contributed by atoms with Crippen LogP contribution in [0.5, 0.6) is 0 Å². The van der Waals surface area contributed by atoms with Gasteiger partial charge in [-0.3, -0.25) is 4.21 Å². The van der Waals surface area contributed by atoms with Crippen LogP contribution in [-0.2, 0) is 10.8 Å². The predicted molar refractivity (Wildman–Crippen MR) is 53.8 cm³/mol. The van der Waals surface area contributed by atoms with Crippen molar-refractivity contribution < 1.29 is 13.7 Å². The summed E-state index contributed by atoms with van der Waals surface area (Å²) in [6.07, 6.45) is 0.448. The number of aliphatic hydroxyl groups excluding tert-OH is 1. The van der Waals surface area contributed by atoms with Crippen LogP contribution >= 0.6 is 0 Å². The van der Waals surface area contributed by atoms with Crippen LogP contribution in [-0.4, -0.2) is 21.7 Å². The lowest BCUT2D eigenvalue weighted by atomic mass is 10.3. The van der Waals surface area contributed by atoms with E-state index in [-0.39, 0.29) is 12.3 Å². The fraction of sp³-hybridized carbons (Fsp3) is 0.333. The summed E-state index contributed by atoms with van der Waals surface area (Å²) in [5.74, 6) is -0.0998. The second kappa shape index (κ2) is 5.07. The second-order valence-corrected chi connectivity index (χ2v) is 4.35. The molecule has 1 unspecified atom stereocenters.